The third-order valence-electron chi connectivity index (χ3n) is 3.43. The quantitative estimate of drug-likeness (QED) is 0.543. The topological polar surface area (TPSA) is 26.3 Å². The predicted molar refractivity (Wildman–Crippen MR) is 72.8 cm³/mol. The molecule has 2 nitrogen and oxygen atoms in total. The molecule has 0 aromatic heterocycles. The van der Waals surface area contributed by atoms with E-state index in [1.807, 2.05) is 0 Å². The van der Waals surface area contributed by atoms with E-state index >= 15 is 0 Å². The van der Waals surface area contributed by atoms with Crippen LogP contribution in [0.2, 0.25) is 0 Å². The fraction of sp³-hybridized carbons (Fsp3) is 0.800. The van der Waals surface area contributed by atoms with Crippen molar-refractivity contribution in [1.29, 1.82) is 0 Å². The van der Waals surface area contributed by atoms with Gasteiger partial charge in [-0.3, -0.25) is 0 Å². The lowest BCUT2D eigenvalue weighted by Gasteiger charge is -2.45. The molecular weight excluding hydrogens is 212 g/mol. The molecule has 0 saturated carbocycles. The minimum atomic E-state index is -0.339. The van der Waals surface area contributed by atoms with Crippen LogP contribution in [0.25, 0.3) is 0 Å². The van der Waals surface area contributed by atoms with Gasteiger partial charge in [-0.15, -0.1) is 0 Å². The Kier molecular flexibility index (Phi) is 5.00. The van der Waals surface area contributed by atoms with Crippen molar-refractivity contribution in [2.24, 2.45) is 16.2 Å². The van der Waals surface area contributed by atoms with Crippen LogP contribution in [-0.2, 0) is 9.53 Å². The fourth-order valence-electron chi connectivity index (χ4n) is 1.99. The van der Waals surface area contributed by atoms with Gasteiger partial charge in [-0.1, -0.05) is 55.0 Å². The molecule has 0 heterocycles. The molecule has 1 unspecified atom stereocenters. The van der Waals surface area contributed by atoms with Gasteiger partial charge in [0.25, 0.3) is 0 Å². The molecule has 0 spiro atoms. The van der Waals surface area contributed by atoms with E-state index < -0.39 is 0 Å². The van der Waals surface area contributed by atoms with E-state index in [-0.39, 0.29) is 22.2 Å². The van der Waals surface area contributed by atoms with Crippen LogP contribution in [-0.4, -0.2) is 12.6 Å². The van der Waals surface area contributed by atoms with Gasteiger partial charge >= 0.3 is 5.97 Å². The van der Waals surface area contributed by atoms with Crippen molar-refractivity contribution in [2.75, 3.05) is 6.61 Å². The molecule has 2 heteroatoms. The second kappa shape index (κ2) is 5.24. The summed E-state index contributed by atoms with van der Waals surface area (Å²) in [5.41, 5.74) is 0.258. The average molecular weight is 240 g/mol. The molecule has 0 radical (unpaired) electrons. The summed E-state index contributed by atoms with van der Waals surface area (Å²) in [5, 5.41) is 0. The SMILES string of the molecule is C=CC(=O)OCC(C)(CC(C)(C)C)C(C)(C)C. The van der Waals surface area contributed by atoms with Crippen molar-refractivity contribution in [2.45, 2.75) is 54.9 Å². The molecule has 0 N–H and O–H groups in total. The van der Waals surface area contributed by atoms with Crippen LogP contribution < -0.4 is 0 Å². The first-order valence-corrected chi connectivity index (χ1v) is 6.20. The normalized spacial score (nSPS) is 16.2. The van der Waals surface area contributed by atoms with Crippen LogP contribution >= 0.6 is 0 Å². The Morgan fingerprint density at radius 1 is 1.12 bits per heavy atom. The number of carbonyl (C=O) groups is 1. The monoisotopic (exact) mass is 240 g/mol. The van der Waals surface area contributed by atoms with E-state index in [1.165, 1.54) is 6.08 Å². The highest BCUT2D eigenvalue weighted by Gasteiger charge is 2.41. The summed E-state index contributed by atoms with van der Waals surface area (Å²) >= 11 is 0. The lowest BCUT2D eigenvalue weighted by Crippen LogP contribution is -2.40. The standard InChI is InChI=1S/C15H28O2/c1-9-12(16)17-11-15(8,14(5,6)7)10-13(2,3)4/h9H,1,10-11H2,2-8H3. The van der Waals surface area contributed by atoms with E-state index in [0.29, 0.717) is 6.61 Å². The van der Waals surface area contributed by atoms with E-state index in [1.54, 1.807) is 0 Å². The maximum atomic E-state index is 11.2. The maximum absolute atomic E-state index is 11.2. The first-order valence-electron chi connectivity index (χ1n) is 6.20. The number of ether oxygens (including phenoxy) is 1. The molecule has 0 aliphatic rings. The van der Waals surface area contributed by atoms with Gasteiger partial charge in [0.15, 0.2) is 0 Å². The predicted octanol–water partition coefficient (Wildman–Crippen LogP) is 4.20. The van der Waals surface area contributed by atoms with Crippen molar-refractivity contribution >= 4 is 5.97 Å². The molecule has 0 rings (SSSR count). The molecule has 0 aromatic rings. The van der Waals surface area contributed by atoms with Crippen LogP contribution in [0.3, 0.4) is 0 Å². The van der Waals surface area contributed by atoms with E-state index in [2.05, 4.69) is 55.0 Å². The average Bonchev–Trinajstić information content (AvgIpc) is 2.09. The Morgan fingerprint density at radius 3 is 1.88 bits per heavy atom. The molecule has 0 amide bonds. The van der Waals surface area contributed by atoms with Crippen LogP contribution in [0.5, 0.6) is 0 Å². The van der Waals surface area contributed by atoms with Crippen molar-refractivity contribution in [3.63, 3.8) is 0 Å². The minimum Gasteiger partial charge on any atom is -0.462 e. The lowest BCUT2D eigenvalue weighted by atomic mass is 9.62. The van der Waals surface area contributed by atoms with Gasteiger partial charge < -0.3 is 4.74 Å². The summed E-state index contributed by atoms with van der Waals surface area (Å²) in [7, 11) is 0. The Hall–Kier alpha value is -0.790. The summed E-state index contributed by atoms with van der Waals surface area (Å²) in [5.74, 6) is -0.339. The van der Waals surface area contributed by atoms with E-state index in [0.717, 1.165) is 6.42 Å². The Labute approximate surface area is 106 Å². The van der Waals surface area contributed by atoms with Crippen molar-refractivity contribution in [3.05, 3.63) is 12.7 Å². The maximum Gasteiger partial charge on any atom is 0.330 e. The highest BCUT2D eigenvalue weighted by atomic mass is 16.5. The molecule has 0 aliphatic carbocycles. The molecule has 0 bridgehead atoms. The minimum absolute atomic E-state index is 0.0378. The van der Waals surface area contributed by atoms with Crippen LogP contribution in [0.15, 0.2) is 12.7 Å². The molecule has 0 saturated heterocycles. The molecule has 17 heavy (non-hydrogen) atoms. The Bertz CT molecular complexity index is 278. The fourth-order valence-corrected chi connectivity index (χ4v) is 1.99. The highest BCUT2D eigenvalue weighted by molar-refractivity contribution is 5.81. The van der Waals surface area contributed by atoms with Gasteiger partial charge in [-0.25, -0.2) is 4.79 Å². The summed E-state index contributed by atoms with van der Waals surface area (Å²) in [6.45, 7) is 19.3. The molecule has 0 aromatic carbocycles. The van der Waals surface area contributed by atoms with Crippen LogP contribution in [0.4, 0.5) is 0 Å². The number of hydrogen-bond acceptors (Lipinski definition) is 2. The number of carbonyl (C=O) groups excluding carboxylic acids is 1. The van der Waals surface area contributed by atoms with Gasteiger partial charge in [0.2, 0.25) is 0 Å². The van der Waals surface area contributed by atoms with Gasteiger partial charge in [0.1, 0.15) is 0 Å². The zero-order valence-corrected chi connectivity index (χ0v) is 12.5. The highest BCUT2D eigenvalue weighted by Crippen LogP contribution is 2.46. The number of rotatable bonds is 4. The Balaban J connectivity index is 4.87. The molecular formula is C15H28O2. The molecule has 100 valence electrons. The number of hydrogen-bond donors (Lipinski definition) is 0. The van der Waals surface area contributed by atoms with Crippen molar-refractivity contribution in [1.82, 2.24) is 0 Å². The molecule has 0 aliphatic heterocycles. The smallest absolute Gasteiger partial charge is 0.330 e. The first-order chi connectivity index (χ1) is 7.41. The first kappa shape index (κ1) is 16.2. The summed E-state index contributed by atoms with van der Waals surface area (Å²) < 4.78 is 5.27. The molecule has 0 fully saturated rings. The zero-order valence-electron chi connectivity index (χ0n) is 12.5. The van der Waals surface area contributed by atoms with Crippen LogP contribution in [0.1, 0.15) is 54.9 Å². The zero-order chi connectivity index (χ0) is 13.9. The van der Waals surface area contributed by atoms with Crippen molar-refractivity contribution < 1.29 is 9.53 Å². The van der Waals surface area contributed by atoms with Gasteiger partial charge in [-0.05, 0) is 17.3 Å². The van der Waals surface area contributed by atoms with Gasteiger partial charge in [0.05, 0.1) is 6.61 Å². The number of esters is 1. The second-order valence-corrected chi connectivity index (χ2v) is 7.36. The summed E-state index contributed by atoms with van der Waals surface area (Å²) in [6, 6.07) is 0. The largest absolute Gasteiger partial charge is 0.462 e. The second-order valence-electron chi connectivity index (χ2n) is 7.36. The van der Waals surface area contributed by atoms with Crippen molar-refractivity contribution in [3.8, 4) is 0 Å². The van der Waals surface area contributed by atoms with E-state index in [9.17, 15) is 4.79 Å². The molecule has 1 atom stereocenters. The third-order valence-corrected chi connectivity index (χ3v) is 3.43. The van der Waals surface area contributed by atoms with Crippen LogP contribution in [0, 0.1) is 16.2 Å². The third kappa shape index (κ3) is 5.38. The van der Waals surface area contributed by atoms with Gasteiger partial charge in [0, 0.05) is 11.5 Å². The Morgan fingerprint density at radius 2 is 1.59 bits per heavy atom. The summed E-state index contributed by atoms with van der Waals surface area (Å²) in [4.78, 5) is 11.2. The van der Waals surface area contributed by atoms with Gasteiger partial charge in [-0.2, -0.15) is 0 Å². The van der Waals surface area contributed by atoms with E-state index in [4.69, 9.17) is 4.74 Å². The summed E-state index contributed by atoms with van der Waals surface area (Å²) in [6.07, 6.45) is 2.23. The lowest BCUT2D eigenvalue weighted by molar-refractivity contribution is -0.145.